The fourth-order valence-electron chi connectivity index (χ4n) is 3.19. The largest absolute Gasteiger partial charge is 0.353 e. The molecule has 1 heterocycles. The van der Waals surface area contributed by atoms with E-state index in [2.05, 4.69) is 10.6 Å². The Kier molecular flexibility index (Phi) is 5.93. The highest BCUT2D eigenvalue weighted by Crippen LogP contribution is 2.27. The number of alkyl halides is 2. The number of nitrogens with zero attached hydrogens (tertiary/aromatic N) is 1. The Morgan fingerprint density at radius 2 is 1.71 bits per heavy atom. The van der Waals surface area contributed by atoms with Crippen molar-refractivity contribution < 1.29 is 13.6 Å². The summed E-state index contributed by atoms with van der Waals surface area (Å²) in [5, 5.41) is 6.35. The average molecular weight is 303 g/mol. The van der Waals surface area contributed by atoms with Crippen LogP contribution in [0.2, 0.25) is 0 Å². The molecule has 2 aliphatic rings. The van der Waals surface area contributed by atoms with Crippen LogP contribution in [-0.2, 0) is 4.79 Å². The molecule has 6 heteroatoms. The van der Waals surface area contributed by atoms with Gasteiger partial charge in [-0.3, -0.25) is 4.79 Å². The van der Waals surface area contributed by atoms with Crippen LogP contribution in [0.25, 0.3) is 0 Å². The van der Waals surface area contributed by atoms with Gasteiger partial charge >= 0.3 is 0 Å². The number of rotatable bonds is 5. The molecule has 1 aliphatic carbocycles. The van der Waals surface area contributed by atoms with E-state index in [1.54, 1.807) is 0 Å². The van der Waals surface area contributed by atoms with Crippen LogP contribution in [0.15, 0.2) is 0 Å². The van der Waals surface area contributed by atoms with E-state index in [9.17, 15) is 13.6 Å². The van der Waals surface area contributed by atoms with Crippen molar-refractivity contribution in [2.24, 2.45) is 0 Å². The third-order valence-corrected chi connectivity index (χ3v) is 4.74. The van der Waals surface area contributed by atoms with Crippen LogP contribution in [0.3, 0.4) is 0 Å². The van der Waals surface area contributed by atoms with Crippen LogP contribution in [0.1, 0.15) is 44.9 Å². The minimum absolute atomic E-state index is 0.0558. The van der Waals surface area contributed by atoms with E-state index in [4.69, 9.17) is 0 Å². The normalized spacial score (nSPS) is 30.0. The van der Waals surface area contributed by atoms with E-state index >= 15 is 0 Å². The van der Waals surface area contributed by atoms with Crippen molar-refractivity contribution in [3.8, 4) is 0 Å². The predicted octanol–water partition coefficient (Wildman–Crippen LogP) is 1.75. The van der Waals surface area contributed by atoms with Gasteiger partial charge in [-0.15, -0.1) is 0 Å². The average Bonchev–Trinajstić information content (AvgIpc) is 2.47. The van der Waals surface area contributed by atoms with E-state index in [0.29, 0.717) is 32.1 Å². The van der Waals surface area contributed by atoms with E-state index in [-0.39, 0.29) is 24.8 Å². The number of piperidine rings is 1. The fraction of sp³-hybridized carbons (Fsp3) is 0.933. The lowest BCUT2D eigenvalue weighted by molar-refractivity contribution is -0.122. The fourth-order valence-corrected chi connectivity index (χ4v) is 3.19. The van der Waals surface area contributed by atoms with Crippen molar-refractivity contribution in [3.63, 3.8) is 0 Å². The molecule has 0 aromatic rings. The maximum Gasteiger partial charge on any atom is 0.250 e. The van der Waals surface area contributed by atoms with Crippen LogP contribution in [0.4, 0.5) is 8.78 Å². The zero-order chi connectivity index (χ0) is 15.3. The maximum atomic E-state index is 13.0. The summed E-state index contributed by atoms with van der Waals surface area (Å²) >= 11 is 0. The van der Waals surface area contributed by atoms with Crippen LogP contribution in [0.5, 0.6) is 0 Å². The Bertz CT molecular complexity index is 334. The number of carbonyl (C=O) groups is 1. The van der Waals surface area contributed by atoms with Crippen molar-refractivity contribution >= 4 is 5.91 Å². The molecule has 0 aromatic heterocycles. The quantitative estimate of drug-likeness (QED) is 0.813. The number of amides is 1. The van der Waals surface area contributed by atoms with Crippen LogP contribution in [0, 0.1) is 0 Å². The maximum absolute atomic E-state index is 13.0. The van der Waals surface area contributed by atoms with Crippen molar-refractivity contribution in [3.05, 3.63) is 0 Å². The third kappa shape index (κ3) is 5.51. The van der Waals surface area contributed by atoms with Gasteiger partial charge < -0.3 is 15.5 Å². The summed E-state index contributed by atoms with van der Waals surface area (Å²) in [5.41, 5.74) is 0. The molecule has 2 N–H and O–H groups in total. The molecule has 0 bridgehead atoms. The summed E-state index contributed by atoms with van der Waals surface area (Å²) in [6, 6.07) is 0.862. The van der Waals surface area contributed by atoms with Gasteiger partial charge in [-0.1, -0.05) is 0 Å². The van der Waals surface area contributed by atoms with Gasteiger partial charge in [-0.05, 0) is 32.7 Å². The molecule has 0 aromatic carbocycles. The lowest BCUT2D eigenvalue weighted by Gasteiger charge is -2.32. The highest BCUT2D eigenvalue weighted by Gasteiger charge is 2.33. The molecule has 1 amide bonds. The number of halogens is 2. The summed E-state index contributed by atoms with van der Waals surface area (Å²) in [6.45, 7) is 1.38. The number of likely N-dealkylation sites (tertiary alicyclic amines) is 1. The molecule has 1 saturated carbocycles. The molecule has 2 rings (SSSR count). The van der Waals surface area contributed by atoms with Gasteiger partial charge in [-0.2, -0.15) is 0 Å². The summed E-state index contributed by atoms with van der Waals surface area (Å²) in [4.78, 5) is 13.9. The highest BCUT2D eigenvalue weighted by molar-refractivity contribution is 5.76. The van der Waals surface area contributed by atoms with E-state index in [0.717, 1.165) is 25.7 Å². The van der Waals surface area contributed by atoms with E-state index < -0.39 is 5.92 Å². The molecule has 4 nitrogen and oxygen atoms in total. The summed E-state index contributed by atoms with van der Waals surface area (Å²) in [7, 11) is 1.98. The number of carbonyl (C=O) groups excluding carboxylic acids is 1. The minimum Gasteiger partial charge on any atom is -0.353 e. The monoisotopic (exact) mass is 303 g/mol. The first-order valence-corrected chi connectivity index (χ1v) is 8.05. The third-order valence-electron chi connectivity index (χ3n) is 4.74. The molecule has 0 spiro atoms. The first-order valence-electron chi connectivity index (χ1n) is 8.05. The van der Waals surface area contributed by atoms with E-state index in [1.807, 2.05) is 11.9 Å². The molecule has 1 aliphatic heterocycles. The lowest BCUT2D eigenvalue weighted by Crippen LogP contribution is -2.43. The Labute approximate surface area is 125 Å². The molecule has 1 saturated heterocycles. The summed E-state index contributed by atoms with van der Waals surface area (Å²) in [5.74, 6) is -2.45. The standard InChI is InChI=1S/C15H27F2N3O/c1-18-12-2-4-13(5-3-12)19-14(21)6-9-20-10-7-15(16,17)8-11-20/h12-13,18H,2-11H2,1H3,(H,19,21). The molecule has 0 unspecified atom stereocenters. The second kappa shape index (κ2) is 7.49. The van der Waals surface area contributed by atoms with Crippen molar-refractivity contribution in [1.82, 2.24) is 15.5 Å². The Morgan fingerprint density at radius 1 is 1.14 bits per heavy atom. The van der Waals surface area contributed by atoms with Gasteiger partial charge in [0.15, 0.2) is 0 Å². The molecule has 2 fully saturated rings. The van der Waals surface area contributed by atoms with Crippen molar-refractivity contribution in [1.29, 1.82) is 0 Å². The van der Waals surface area contributed by atoms with Gasteiger partial charge in [0.25, 0.3) is 5.92 Å². The van der Waals surface area contributed by atoms with Crippen LogP contribution in [-0.4, -0.2) is 55.5 Å². The predicted molar refractivity (Wildman–Crippen MR) is 78.5 cm³/mol. The number of nitrogens with one attached hydrogen (secondary N) is 2. The zero-order valence-electron chi connectivity index (χ0n) is 12.8. The van der Waals surface area contributed by atoms with Crippen LogP contribution < -0.4 is 10.6 Å². The molecular weight excluding hydrogens is 276 g/mol. The topological polar surface area (TPSA) is 44.4 Å². The number of hydrogen-bond acceptors (Lipinski definition) is 3. The summed E-state index contributed by atoms with van der Waals surface area (Å²) in [6.07, 6.45) is 4.49. The Balaban J connectivity index is 1.60. The van der Waals surface area contributed by atoms with Gasteiger partial charge in [0, 0.05) is 51.0 Å². The molecular formula is C15H27F2N3O. The molecule has 21 heavy (non-hydrogen) atoms. The highest BCUT2D eigenvalue weighted by atomic mass is 19.3. The molecule has 0 atom stereocenters. The van der Waals surface area contributed by atoms with Gasteiger partial charge in [0.1, 0.15) is 0 Å². The molecule has 122 valence electrons. The van der Waals surface area contributed by atoms with Gasteiger partial charge in [0.2, 0.25) is 5.91 Å². The first kappa shape index (κ1) is 16.6. The Morgan fingerprint density at radius 3 is 2.29 bits per heavy atom. The minimum atomic E-state index is -2.51. The lowest BCUT2D eigenvalue weighted by atomic mass is 9.91. The second-order valence-electron chi connectivity index (χ2n) is 6.35. The first-order chi connectivity index (χ1) is 9.98. The van der Waals surface area contributed by atoms with Gasteiger partial charge in [0.05, 0.1) is 0 Å². The second-order valence-corrected chi connectivity index (χ2v) is 6.35. The SMILES string of the molecule is CNC1CCC(NC(=O)CCN2CCC(F)(F)CC2)CC1. The van der Waals surface area contributed by atoms with Gasteiger partial charge in [-0.25, -0.2) is 8.78 Å². The zero-order valence-corrected chi connectivity index (χ0v) is 12.8. The van der Waals surface area contributed by atoms with E-state index in [1.165, 1.54) is 0 Å². The number of hydrogen-bond donors (Lipinski definition) is 2. The smallest absolute Gasteiger partial charge is 0.250 e. The van der Waals surface area contributed by atoms with Crippen LogP contribution >= 0.6 is 0 Å². The van der Waals surface area contributed by atoms with Crippen molar-refractivity contribution in [2.75, 3.05) is 26.7 Å². The Hall–Kier alpha value is -0.750. The summed E-state index contributed by atoms with van der Waals surface area (Å²) < 4.78 is 26.1. The molecule has 0 radical (unpaired) electrons. The van der Waals surface area contributed by atoms with Crippen molar-refractivity contribution in [2.45, 2.75) is 63.0 Å².